The van der Waals surface area contributed by atoms with Crippen LogP contribution < -0.4 is 11.5 Å². The number of hydrogen-bond acceptors (Lipinski definition) is 5. The monoisotopic (exact) mass is 171 g/mol. The van der Waals surface area contributed by atoms with Crippen LogP contribution in [0, 0.1) is 0 Å². The number of carbonyl (C=O) groups is 1. The molecule has 0 bridgehead atoms. The summed E-state index contributed by atoms with van der Waals surface area (Å²) in [4.78, 5) is 14.0. The van der Waals surface area contributed by atoms with Gasteiger partial charge >= 0.3 is 5.97 Å². The van der Waals surface area contributed by atoms with E-state index in [0.29, 0.717) is 0 Å². The molecule has 1 aromatic heterocycles. The third-order valence-corrected chi connectivity index (χ3v) is 1.39. The van der Waals surface area contributed by atoms with Crippen LogP contribution in [0.15, 0.2) is 10.8 Å². The molecule has 0 aliphatic carbocycles. The summed E-state index contributed by atoms with van der Waals surface area (Å²) in [6, 6.07) is -0.612. The third kappa shape index (κ3) is 1.44. The predicted molar refractivity (Wildman–Crippen MR) is 39.4 cm³/mol. The summed E-state index contributed by atoms with van der Waals surface area (Å²) < 4.78 is 4.78. The van der Waals surface area contributed by atoms with Crippen LogP contribution in [-0.2, 0) is 0 Å². The molecule has 1 heterocycles. The van der Waals surface area contributed by atoms with E-state index in [2.05, 4.69) is 4.98 Å². The number of oxazole rings is 1. The summed E-state index contributed by atoms with van der Waals surface area (Å²) in [5.74, 6) is -1.05. The molecule has 0 fully saturated rings. The molecule has 12 heavy (non-hydrogen) atoms. The van der Waals surface area contributed by atoms with Crippen molar-refractivity contribution in [1.29, 1.82) is 0 Å². The Kier molecular flexibility index (Phi) is 2.41. The maximum Gasteiger partial charge on any atom is 0.358 e. The minimum Gasteiger partial charge on any atom is -0.476 e. The van der Waals surface area contributed by atoms with Crippen molar-refractivity contribution in [3.05, 3.63) is 17.8 Å². The second-order valence-corrected chi connectivity index (χ2v) is 2.21. The Hall–Kier alpha value is -1.40. The second kappa shape index (κ2) is 3.33. The van der Waals surface area contributed by atoms with E-state index in [9.17, 15) is 4.79 Å². The van der Waals surface area contributed by atoms with Crippen molar-refractivity contribution in [2.75, 3.05) is 6.54 Å². The molecule has 1 atom stereocenters. The first-order valence-electron chi connectivity index (χ1n) is 3.29. The molecule has 6 heteroatoms. The minimum atomic E-state index is -1.16. The fraction of sp³-hybridized carbons (Fsp3) is 0.333. The highest BCUT2D eigenvalue weighted by atomic mass is 16.4. The largest absolute Gasteiger partial charge is 0.476 e. The van der Waals surface area contributed by atoms with E-state index in [-0.39, 0.29) is 18.0 Å². The van der Waals surface area contributed by atoms with Gasteiger partial charge < -0.3 is 21.0 Å². The zero-order valence-corrected chi connectivity index (χ0v) is 6.23. The summed E-state index contributed by atoms with van der Waals surface area (Å²) in [7, 11) is 0. The molecule has 0 saturated heterocycles. The first-order valence-corrected chi connectivity index (χ1v) is 3.29. The fourth-order valence-electron chi connectivity index (χ4n) is 0.786. The van der Waals surface area contributed by atoms with Gasteiger partial charge in [0.1, 0.15) is 0 Å². The van der Waals surface area contributed by atoms with Gasteiger partial charge in [0, 0.05) is 6.54 Å². The molecule has 6 nitrogen and oxygen atoms in total. The van der Waals surface area contributed by atoms with Gasteiger partial charge in [0.05, 0.1) is 6.04 Å². The van der Waals surface area contributed by atoms with Crippen LogP contribution in [-0.4, -0.2) is 22.6 Å². The van der Waals surface area contributed by atoms with Crippen LogP contribution in [0.2, 0.25) is 0 Å². The summed E-state index contributed by atoms with van der Waals surface area (Å²) in [6.45, 7) is 0.121. The topological polar surface area (TPSA) is 115 Å². The van der Waals surface area contributed by atoms with Crippen molar-refractivity contribution >= 4 is 5.97 Å². The van der Waals surface area contributed by atoms with E-state index in [1.807, 2.05) is 0 Å². The lowest BCUT2D eigenvalue weighted by Crippen LogP contribution is -2.22. The van der Waals surface area contributed by atoms with E-state index in [1.165, 1.54) is 0 Å². The SMILES string of the molecule is NCC(N)c1ocnc1C(=O)O. The molecule has 0 aromatic carbocycles. The third-order valence-electron chi connectivity index (χ3n) is 1.39. The van der Waals surface area contributed by atoms with Gasteiger partial charge in [-0.1, -0.05) is 0 Å². The Labute approximate surface area is 68.2 Å². The molecule has 1 rings (SSSR count). The summed E-state index contributed by atoms with van der Waals surface area (Å²) in [6.07, 6.45) is 1.04. The zero-order valence-electron chi connectivity index (χ0n) is 6.23. The van der Waals surface area contributed by atoms with E-state index in [0.717, 1.165) is 6.39 Å². The molecule has 5 N–H and O–H groups in total. The maximum absolute atomic E-state index is 10.5. The smallest absolute Gasteiger partial charge is 0.358 e. The van der Waals surface area contributed by atoms with Gasteiger partial charge in [-0.25, -0.2) is 9.78 Å². The molecular formula is C6H9N3O3. The number of rotatable bonds is 3. The molecular weight excluding hydrogens is 162 g/mol. The predicted octanol–water partition coefficient (Wildman–Crippen LogP) is -0.669. The standard InChI is InChI=1S/C6H9N3O3/c7-1-3(8)5-4(6(10)11)9-2-12-5/h2-3H,1,7-8H2,(H,10,11). The molecule has 1 aromatic rings. The van der Waals surface area contributed by atoms with Crippen LogP contribution in [0.3, 0.4) is 0 Å². The number of nitrogens with zero attached hydrogens (tertiary/aromatic N) is 1. The highest BCUT2D eigenvalue weighted by Gasteiger charge is 2.19. The molecule has 0 radical (unpaired) electrons. The van der Waals surface area contributed by atoms with Crippen molar-refractivity contribution in [3.8, 4) is 0 Å². The van der Waals surface area contributed by atoms with Gasteiger partial charge in [-0.3, -0.25) is 0 Å². The quantitative estimate of drug-likeness (QED) is 0.555. The molecule has 0 amide bonds. The van der Waals surface area contributed by atoms with Crippen molar-refractivity contribution < 1.29 is 14.3 Å². The van der Waals surface area contributed by atoms with Gasteiger partial charge in [0.2, 0.25) is 0 Å². The Bertz CT molecular complexity index is 283. The molecule has 0 aliphatic rings. The summed E-state index contributed by atoms with van der Waals surface area (Å²) in [5.41, 5.74) is 10.5. The number of carboxylic acids is 1. The second-order valence-electron chi connectivity index (χ2n) is 2.21. The minimum absolute atomic E-state index is 0.116. The number of carboxylic acid groups (broad SMARTS) is 1. The molecule has 66 valence electrons. The van der Waals surface area contributed by atoms with Gasteiger partial charge in [0.25, 0.3) is 0 Å². The normalized spacial score (nSPS) is 12.8. The van der Waals surface area contributed by atoms with E-state index < -0.39 is 12.0 Å². The first kappa shape index (κ1) is 8.69. The van der Waals surface area contributed by atoms with E-state index in [4.69, 9.17) is 21.0 Å². The average molecular weight is 171 g/mol. The van der Waals surface area contributed by atoms with E-state index >= 15 is 0 Å². The van der Waals surface area contributed by atoms with Gasteiger partial charge in [0.15, 0.2) is 17.8 Å². The molecule has 0 aliphatic heterocycles. The Morgan fingerprint density at radius 3 is 3.00 bits per heavy atom. The van der Waals surface area contributed by atoms with Crippen LogP contribution in [0.4, 0.5) is 0 Å². The van der Waals surface area contributed by atoms with Gasteiger partial charge in [-0.2, -0.15) is 0 Å². The van der Waals surface area contributed by atoms with Crippen molar-refractivity contribution in [3.63, 3.8) is 0 Å². The number of aromatic carboxylic acids is 1. The Morgan fingerprint density at radius 1 is 1.83 bits per heavy atom. The number of aromatic nitrogens is 1. The highest BCUT2D eigenvalue weighted by molar-refractivity contribution is 5.86. The van der Waals surface area contributed by atoms with Crippen LogP contribution in [0.5, 0.6) is 0 Å². The van der Waals surface area contributed by atoms with Gasteiger partial charge in [-0.05, 0) is 0 Å². The van der Waals surface area contributed by atoms with Crippen molar-refractivity contribution in [2.24, 2.45) is 11.5 Å². The van der Waals surface area contributed by atoms with Crippen molar-refractivity contribution in [2.45, 2.75) is 6.04 Å². The molecule has 1 unspecified atom stereocenters. The van der Waals surface area contributed by atoms with Crippen LogP contribution in [0.25, 0.3) is 0 Å². The number of hydrogen-bond donors (Lipinski definition) is 3. The highest BCUT2D eigenvalue weighted by Crippen LogP contribution is 2.13. The first-order chi connectivity index (χ1) is 5.66. The van der Waals surface area contributed by atoms with E-state index in [1.54, 1.807) is 0 Å². The number of nitrogens with two attached hydrogens (primary N) is 2. The fourth-order valence-corrected chi connectivity index (χ4v) is 0.786. The lowest BCUT2D eigenvalue weighted by molar-refractivity contribution is 0.0688. The summed E-state index contributed by atoms with van der Waals surface area (Å²) >= 11 is 0. The molecule has 0 spiro atoms. The average Bonchev–Trinajstić information content (AvgIpc) is 2.50. The Balaban J connectivity index is 2.98. The van der Waals surface area contributed by atoms with Crippen LogP contribution >= 0.6 is 0 Å². The van der Waals surface area contributed by atoms with Gasteiger partial charge in [-0.15, -0.1) is 0 Å². The maximum atomic E-state index is 10.5. The van der Waals surface area contributed by atoms with Crippen LogP contribution in [0.1, 0.15) is 22.3 Å². The summed E-state index contributed by atoms with van der Waals surface area (Å²) in [5, 5.41) is 8.58. The molecule has 0 saturated carbocycles. The Morgan fingerprint density at radius 2 is 2.50 bits per heavy atom. The lowest BCUT2D eigenvalue weighted by atomic mass is 10.2. The lowest BCUT2D eigenvalue weighted by Gasteiger charge is -2.03. The zero-order chi connectivity index (χ0) is 9.14. The van der Waals surface area contributed by atoms with Crippen molar-refractivity contribution in [1.82, 2.24) is 4.98 Å².